The van der Waals surface area contributed by atoms with E-state index in [0.29, 0.717) is 19.1 Å². The minimum Gasteiger partial charge on any atom is -0.487 e. The standard InChI is InChI=1S/C20H25N3O2.2ClH/c1-15(23-20(24)13-17-8-5-11-21-17)16-6-4-9-19(12-16)25-14-18-7-2-3-10-22-18;;/h2-4,6-7,9-10,12,15,17,21H,5,8,11,13-14H2,1H3,(H,23,24);2*1H. The van der Waals surface area contributed by atoms with Crippen LogP contribution in [0.2, 0.25) is 0 Å². The van der Waals surface area contributed by atoms with Crippen LogP contribution in [-0.4, -0.2) is 23.5 Å². The van der Waals surface area contributed by atoms with Crippen molar-refractivity contribution in [3.8, 4) is 5.75 Å². The Labute approximate surface area is 173 Å². The predicted octanol–water partition coefficient (Wildman–Crippen LogP) is 3.82. The van der Waals surface area contributed by atoms with E-state index in [4.69, 9.17) is 4.74 Å². The zero-order valence-corrected chi connectivity index (χ0v) is 17.0. The summed E-state index contributed by atoms with van der Waals surface area (Å²) in [6.45, 7) is 3.44. The summed E-state index contributed by atoms with van der Waals surface area (Å²) in [6, 6.07) is 13.9. The normalized spacial score (nSPS) is 16.6. The number of nitrogens with one attached hydrogen (secondary N) is 2. The lowest BCUT2D eigenvalue weighted by Crippen LogP contribution is -2.33. The van der Waals surface area contributed by atoms with Crippen LogP contribution >= 0.6 is 24.8 Å². The largest absolute Gasteiger partial charge is 0.487 e. The van der Waals surface area contributed by atoms with Crippen molar-refractivity contribution in [3.05, 3.63) is 59.9 Å². The summed E-state index contributed by atoms with van der Waals surface area (Å²) in [5.41, 5.74) is 1.92. The molecule has 2 atom stereocenters. The van der Waals surface area contributed by atoms with Gasteiger partial charge in [0, 0.05) is 18.7 Å². The topological polar surface area (TPSA) is 63.2 Å². The van der Waals surface area contributed by atoms with Crippen LogP contribution in [0.25, 0.3) is 0 Å². The molecule has 2 aromatic rings. The molecule has 1 amide bonds. The Balaban J connectivity index is 0.00000182. The molecular formula is C20H27Cl2N3O2. The Kier molecular flexibility index (Phi) is 10.1. The number of nitrogens with zero attached hydrogens (tertiary/aromatic N) is 1. The van der Waals surface area contributed by atoms with Crippen molar-refractivity contribution in [2.45, 2.75) is 44.9 Å². The van der Waals surface area contributed by atoms with Gasteiger partial charge >= 0.3 is 0 Å². The molecule has 2 N–H and O–H groups in total. The predicted molar refractivity (Wildman–Crippen MR) is 112 cm³/mol. The van der Waals surface area contributed by atoms with Gasteiger partial charge < -0.3 is 15.4 Å². The van der Waals surface area contributed by atoms with Crippen LogP contribution in [0.15, 0.2) is 48.7 Å². The number of pyridine rings is 1. The first kappa shape index (κ1) is 23.2. The Bertz CT molecular complexity index is 695. The van der Waals surface area contributed by atoms with Crippen molar-refractivity contribution in [3.63, 3.8) is 0 Å². The molecule has 0 saturated carbocycles. The smallest absolute Gasteiger partial charge is 0.222 e. The molecule has 148 valence electrons. The van der Waals surface area contributed by atoms with E-state index < -0.39 is 0 Å². The average molecular weight is 412 g/mol. The maximum absolute atomic E-state index is 12.2. The Hall–Kier alpha value is -1.82. The second kappa shape index (κ2) is 11.8. The summed E-state index contributed by atoms with van der Waals surface area (Å²) >= 11 is 0. The first-order valence-electron chi connectivity index (χ1n) is 8.86. The Morgan fingerprint density at radius 3 is 2.85 bits per heavy atom. The zero-order valence-electron chi connectivity index (χ0n) is 15.4. The van der Waals surface area contributed by atoms with E-state index in [1.165, 1.54) is 0 Å². The van der Waals surface area contributed by atoms with Gasteiger partial charge in [-0.2, -0.15) is 0 Å². The molecule has 5 nitrogen and oxygen atoms in total. The van der Waals surface area contributed by atoms with Crippen LogP contribution in [0.5, 0.6) is 5.75 Å². The maximum Gasteiger partial charge on any atom is 0.222 e. The van der Waals surface area contributed by atoms with E-state index in [0.717, 1.165) is 36.4 Å². The van der Waals surface area contributed by atoms with Crippen molar-refractivity contribution in [2.24, 2.45) is 0 Å². The highest BCUT2D eigenvalue weighted by molar-refractivity contribution is 5.85. The highest BCUT2D eigenvalue weighted by atomic mass is 35.5. The van der Waals surface area contributed by atoms with Gasteiger partial charge in [-0.3, -0.25) is 9.78 Å². The van der Waals surface area contributed by atoms with Gasteiger partial charge in [-0.25, -0.2) is 0 Å². The molecule has 1 aliphatic rings. The fourth-order valence-electron chi connectivity index (χ4n) is 3.05. The summed E-state index contributed by atoms with van der Waals surface area (Å²) < 4.78 is 5.81. The van der Waals surface area contributed by atoms with Gasteiger partial charge in [0.2, 0.25) is 5.91 Å². The van der Waals surface area contributed by atoms with Crippen LogP contribution in [0, 0.1) is 0 Å². The molecule has 1 aliphatic heterocycles. The van der Waals surface area contributed by atoms with E-state index in [-0.39, 0.29) is 36.8 Å². The molecule has 1 aromatic heterocycles. The van der Waals surface area contributed by atoms with E-state index in [1.54, 1.807) is 6.20 Å². The Morgan fingerprint density at radius 2 is 2.15 bits per heavy atom. The number of halogens is 2. The van der Waals surface area contributed by atoms with Crippen molar-refractivity contribution in [2.75, 3.05) is 6.54 Å². The number of benzene rings is 1. The number of hydrogen-bond donors (Lipinski definition) is 2. The van der Waals surface area contributed by atoms with Gasteiger partial charge in [0.15, 0.2) is 0 Å². The van der Waals surface area contributed by atoms with Gasteiger partial charge in [-0.05, 0) is 56.1 Å². The van der Waals surface area contributed by atoms with Crippen LogP contribution in [0.1, 0.15) is 43.5 Å². The van der Waals surface area contributed by atoms with Gasteiger partial charge in [0.05, 0.1) is 11.7 Å². The van der Waals surface area contributed by atoms with Gasteiger partial charge in [0.1, 0.15) is 12.4 Å². The van der Waals surface area contributed by atoms with Crippen LogP contribution < -0.4 is 15.4 Å². The molecule has 1 saturated heterocycles. The highest BCUT2D eigenvalue weighted by Gasteiger charge is 2.19. The van der Waals surface area contributed by atoms with E-state index in [1.807, 2.05) is 49.4 Å². The van der Waals surface area contributed by atoms with Gasteiger partial charge in [-0.1, -0.05) is 18.2 Å². The van der Waals surface area contributed by atoms with E-state index >= 15 is 0 Å². The van der Waals surface area contributed by atoms with E-state index in [2.05, 4.69) is 15.6 Å². The number of aromatic nitrogens is 1. The Morgan fingerprint density at radius 1 is 1.30 bits per heavy atom. The molecule has 1 aromatic carbocycles. The minimum absolute atomic E-state index is 0. The summed E-state index contributed by atoms with van der Waals surface area (Å²) in [5.74, 6) is 0.869. The molecule has 27 heavy (non-hydrogen) atoms. The van der Waals surface area contributed by atoms with Crippen molar-refractivity contribution in [1.29, 1.82) is 0 Å². The lowest BCUT2D eigenvalue weighted by atomic mass is 10.1. The summed E-state index contributed by atoms with van der Waals surface area (Å²) in [7, 11) is 0. The third kappa shape index (κ3) is 7.37. The quantitative estimate of drug-likeness (QED) is 0.726. The fraction of sp³-hybridized carbons (Fsp3) is 0.400. The second-order valence-corrected chi connectivity index (χ2v) is 6.47. The summed E-state index contributed by atoms with van der Waals surface area (Å²) in [5, 5.41) is 6.43. The maximum atomic E-state index is 12.2. The highest BCUT2D eigenvalue weighted by Crippen LogP contribution is 2.20. The first-order chi connectivity index (χ1) is 12.2. The summed E-state index contributed by atoms with van der Waals surface area (Å²) in [6.07, 6.45) is 4.54. The molecule has 2 heterocycles. The molecule has 0 spiro atoms. The lowest BCUT2D eigenvalue weighted by molar-refractivity contribution is -0.122. The zero-order chi connectivity index (χ0) is 17.5. The number of ether oxygens (including phenoxy) is 1. The van der Waals surface area contributed by atoms with Gasteiger partial charge in [0.25, 0.3) is 0 Å². The average Bonchev–Trinajstić information content (AvgIpc) is 3.14. The molecular weight excluding hydrogens is 385 g/mol. The van der Waals surface area contributed by atoms with Crippen molar-refractivity contribution in [1.82, 2.24) is 15.6 Å². The number of carbonyl (C=O) groups is 1. The van der Waals surface area contributed by atoms with Crippen LogP contribution in [0.3, 0.4) is 0 Å². The van der Waals surface area contributed by atoms with Crippen molar-refractivity contribution < 1.29 is 9.53 Å². The molecule has 1 fully saturated rings. The molecule has 2 unspecified atom stereocenters. The number of carbonyl (C=O) groups excluding carboxylic acids is 1. The molecule has 3 rings (SSSR count). The number of hydrogen-bond acceptors (Lipinski definition) is 4. The van der Waals surface area contributed by atoms with Crippen LogP contribution in [-0.2, 0) is 11.4 Å². The fourth-order valence-corrected chi connectivity index (χ4v) is 3.05. The van der Waals surface area contributed by atoms with Crippen molar-refractivity contribution >= 4 is 30.7 Å². The molecule has 0 bridgehead atoms. The SMILES string of the molecule is CC(NC(=O)CC1CCCN1)c1cccc(OCc2ccccn2)c1.Cl.Cl. The molecule has 7 heteroatoms. The molecule has 0 radical (unpaired) electrons. The summed E-state index contributed by atoms with van der Waals surface area (Å²) in [4.78, 5) is 16.4. The monoisotopic (exact) mass is 411 g/mol. The lowest BCUT2D eigenvalue weighted by Gasteiger charge is -2.17. The van der Waals surface area contributed by atoms with E-state index in [9.17, 15) is 4.79 Å². The second-order valence-electron chi connectivity index (χ2n) is 6.47. The minimum atomic E-state index is -0.0488. The molecule has 0 aliphatic carbocycles. The van der Waals surface area contributed by atoms with Crippen LogP contribution in [0.4, 0.5) is 0 Å². The number of amides is 1. The van der Waals surface area contributed by atoms with Gasteiger partial charge in [-0.15, -0.1) is 24.8 Å². The first-order valence-corrected chi connectivity index (χ1v) is 8.86. The third-order valence-electron chi connectivity index (χ3n) is 4.44. The third-order valence-corrected chi connectivity index (χ3v) is 4.44. The number of rotatable bonds is 7.